The minimum absolute atomic E-state index is 0.105. The van der Waals surface area contributed by atoms with Crippen LogP contribution in [0.15, 0.2) is 29.2 Å². The van der Waals surface area contributed by atoms with Crippen molar-refractivity contribution in [3.8, 4) is 0 Å². The summed E-state index contributed by atoms with van der Waals surface area (Å²) < 4.78 is 37.9. The molecule has 0 saturated heterocycles. The van der Waals surface area contributed by atoms with Gasteiger partial charge in [-0.2, -0.15) is 0 Å². The second-order valence-electron chi connectivity index (χ2n) is 10.0. The van der Waals surface area contributed by atoms with Crippen molar-refractivity contribution in [2.45, 2.75) is 74.3 Å². The Kier molecular flexibility index (Phi) is 8.46. The topological polar surface area (TPSA) is 86.7 Å². The monoisotopic (exact) mass is 500 g/mol. The molecule has 0 aromatic heterocycles. The smallest absolute Gasteiger partial charge is 0.306 e. The van der Waals surface area contributed by atoms with E-state index in [-0.39, 0.29) is 28.6 Å². The predicted molar refractivity (Wildman–Crippen MR) is 131 cm³/mol. The first-order chi connectivity index (χ1) is 14.7. The maximum Gasteiger partial charge on any atom is 0.306 e. The summed E-state index contributed by atoms with van der Waals surface area (Å²) in [5.74, 6) is -2.05. The average molecular weight is 501 g/mol. The second-order valence-corrected chi connectivity index (χ2v) is 18.1. The third-order valence-electron chi connectivity index (χ3n) is 6.78. The van der Waals surface area contributed by atoms with E-state index in [1.807, 2.05) is 6.92 Å². The number of hydrogen-bond donors (Lipinski definition) is 0. The number of ketones is 1. The van der Waals surface area contributed by atoms with Gasteiger partial charge in [-0.1, -0.05) is 38.5 Å². The number of sulfone groups is 1. The summed E-state index contributed by atoms with van der Waals surface area (Å²) in [6, 6.07) is 6.73. The van der Waals surface area contributed by atoms with E-state index in [4.69, 9.17) is 9.16 Å². The normalized spacial score (nSPS) is 23.2. The number of carbonyl (C=O) groups is 2. The van der Waals surface area contributed by atoms with Crippen molar-refractivity contribution < 1.29 is 27.2 Å². The van der Waals surface area contributed by atoms with Crippen molar-refractivity contribution in [3.63, 3.8) is 0 Å². The zero-order valence-corrected chi connectivity index (χ0v) is 22.9. The van der Waals surface area contributed by atoms with E-state index < -0.39 is 46.6 Å². The fourth-order valence-electron chi connectivity index (χ4n) is 3.87. The molecule has 6 nitrogen and oxygen atoms in total. The van der Waals surface area contributed by atoms with Crippen LogP contribution < -0.4 is 0 Å². The molecule has 0 aliphatic heterocycles. The molecule has 1 unspecified atom stereocenters. The largest absolute Gasteiger partial charge is 0.469 e. The number of hydrogen-bond acceptors (Lipinski definition) is 7. The molecular formula is C23H36O6S2Si. The molecule has 4 atom stereocenters. The van der Waals surface area contributed by atoms with Gasteiger partial charge in [0.25, 0.3) is 0 Å². The van der Waals surface area contributed by atoms with Crippen molar-refractivity contribution in [1.29, 1.82) is 0 Å². The van der Waals surface area contributed by atoms with Gasteiger partial charge in [-0.15, -0.1) is 11.8 Å². The molecule has 0 N–H and O–H groups in total. The number of benzene rings is 1. The Bertz CT molecular complexity index is 934. The van der Waals surface area contributed by atoms with Crippen LogP contribution in [0.25, 0.3) is 0 Å². The lowest BCUT2D eigenvalue weighted by Crippen LogP contribution is -2.47. The summed E-state index contributed by atoms with van der Waals surface area (Å²) in [6.07, 6.45) is 1.14. The molecule has 32 heavy (non-hydrogen) atoms. The van der Waals surface area contributed by atoms with Gasteiger partial charge in [-0.3, -0.25) is 9.59 Å². The number of ether oxygens (including phenoxy) is 1. The molecule has 9 heteroatoms. The minimum atomic E-state index is -3.78. The third-order valence-corrected chi connectivity index (χ3v) is 15.3. The third kappa shape index (κ3) is 5.66. The minimum Gasteiger partial charge on any atom is -0.469 e. The van der Waals surface area contributed by atoms with Crippen LogP contribution in [0.1, 0.15) is 39.2 Å². The van der Waals surface area contributed by atoms with Crippen LogP contribution in [0.3, 0.4) is 0 Å². The molecule has 0 spiro atoms. The SMILES string of the molecule is COC(=O)C[C@H]1C(=O)C[C@@H](O[Si](C)(C)C(C)(C)C)[C@@H]1C(SC)S(=O)(=O)c1ccc(C)cc1. The van der Waals surface area contributed by atoms with E-state index in [2.05, 4.69) is 33.9 Å². The fraction of sp³-hybridized carbons (Fsp3) is 0.652. The number of rotatable bonds is 8. The van der Waals surface area contributed by atoms with Crippen LogP contribution >= 0.6 is 11.8 Å². The molecule has 180 valence electrons. The van der Waals surface area contributed by atoms with Gasteiger partial charge in [0, 0.05) is 18.3 Å². The maximum absolute atomic E-state index is 13.7. The highest BCUT2D eigenvalue weighted by atomic mass is 32.3. The number of Topliss-reactive ketones (excluding diaryl/α,β-unsaturated/α-hetero) is 1. The van der Waals surface area contributed by atoms with Gasteiger partial charge in [0.1, 0.15) is 10.4 Å². The van der Waals surface area contributed by atoms with Crippen molar-refractivity contribution in [2.75, 3.05) is 13.4 Å². The van der Waals surface area contributed by atoms with Crippen LogP contribution in [-0.4, -0.2) is 52.5 Å². The highest BCUT2D eigenvalue weighted by molar-refractivity contribution is 8.13. The number of methoxy groups -OCH3 is 1. The van der Waals surface area contributed by atoms with Gasteiger partial charge in [0.2, 0.25) is 0 Å². The van der Waals surface area contributed by atoms with Crippen LogP contribution in [0.2, 0.25) is 18.1 Å². The van der Waals surface area contributed by atoms with E-state index in [1.165, 1.54) is 18.9 Å². The van der Waals surface area contributed by atoms with E-state index >= 15 is 0 Å². The van der Waals surface area contributed by atoms with Gasteiger partial charge in [-0.25, -0.2) is 8.42 Å². The van der Waals surface area contributed by atoms with Crippen LogP contribution in [0.5, 0.6) is 0 Å². The lowest BCUT2D eigenvalue weighted by molar-refractivity contribution is -0.143. The fourth-order valence-corrected chi connectivity index (χ4v) is 8.80. The van der Waals surface area contributed by atoms with Crippen LogP contribution in [0, 0.1) is 18.8 Å². The summed E-state index contributed by atoms with van der Waals surface area (Å²) >= 11 is 1.19. The number of thioether (sulfide) groups is 1. The molecule has 1 aliphatic carbocycles. The molecular weight excluding hydrogens is 464 g/mol. The summed E-state index contributed by atoms with van der Waals surface area (Å²) in [4.78, 5) is 25.4. The molecule has 0 amide bonds. The van der Waals surface area contributed by atoms with Crippen molar-refractivity contribution in [3.05, 3.63) is 29.8 Å². The Morgan fingerprint density at radius 2 is 1.78 bits per heavy atom. The van der Waals surface area contributed by atoms with Gasteiger partial charge in [0.05, 0.1) is 24.5 Å². The molecule has 2 rings (SSSR count). The van der Waals surface area contributed by atoms with E-state index in [1.54, 1.807) is 30.5 Å². The lowest BCUT2D eigenvalue weighted by atomic mass is 9.92. The van der Waals surface area contributed by atoms with E-state index in [0.29, 0.717) is 0 Å². The Balaban J connectivity index is 2.55. The van der Waals surface area contributed by atoms with Crippen LogP contribution in [-0.2, 0) is 28.6 Å². The van der Waals surface area contributed by atoms with Crippen molar-refractivity contribution in [2.24, 2.45) is 11.8 Å². The Morgan fingerprint density at radius 3 is 2.25 bits per heavy atom. The predicted octanol–water partition coefficient (Wildman–Crippen LogP) is 4.62. The highest BCUT2D eigenvalue weighted by Gasteiger charge is 2.54. The number of aryl methyl sites for hydroxylation is 1. The summed E-state index contributed by atoms with van der Waals surface area (Å²) in [6.45, 7) is 12.4. The first kappa shape index (κ1) is 27.1. The molecule has 1 aliphatic rings. The Hall–Kier alpha value is -1.16. The van der Waals surface area contributed by atoms with Gasteiger partial charge < -0.3 is 9.16 Å². The quantitative estimate of drug-likeness (QED) is 0.380. The molecule has 1 saturated carbocycles. The zero-order valence-electron chi connectivity index (χ0n) is 20.3. The summed E-state index contributed by atoms with van der Waals surface area (Å²) in [5.41, 5.74) is 0.961. The molecule has 1 aromatic rings. The highest BCUT2D eigenvalue weighted by Crippen LogP contribution is 2.47. The Labute approximate surface area is 197 Å². The van der Waals surface area contributed by atoms with Gasteiger partial charge >= 0.3 is 5.97 Å². The standard InChI is InChI=1S/C23H36O6S2Si/c1-15-9-11-16(12-10-15)31(26,27)22(30-6)21-17(13-20(25)28-5)18(24)14-19(21)29-32(7,8)23(2,3)4/h9-12,17,19,21-22H,13-14H2,1-8H3/t17-,19+,21+,22?/m0/s1. The molecule has 0 radical (unpaired) electrons. The first-order valence-electron chi connectivity index (χ1n) is 10.8. The van der Waals surface area contributed by atoms with E-state index in [9.17, 15) is 18.0 Å². The Morgan fingerprint density at radius 1 is 1.22 bits per heavy atom. The number of carbonyl (C=O) groups excluding carboxylic acids is 2. The zero-order chi connectivity index (χ0) is 24.5. The number of esters is 1. The van der Waals surface area contributed by atoms with E-state index in [0.717, 1.165) is 5.56 Å². The van der Waals surface area contributed by atoms with Gasteiger partial charge in [-0.05, 0) is 43.4 Å². The van der Waals surface area contributed by atoms with Crippen LogP contribution in [0.4, 0.5) is 0 Å². The van der Waals surface area contributed by atoms with Gasteiger partial charge in [0.15, 0.2) is 18.2 Å². The maximum atomic E-state index is 13.7. The summed E-state index contributed by atoms with van der Waals surface area (Å²) in [7, 11) is -4.80. The average Bonchev–Trinajstić information content (AvgIpc) is 2.96. The van der Waals surface area contributed by atoms with Crippen molar-refractivity contribution >= 4 is 41.7 Å². The first-order valence-corrected chi connectivity index (χ1v) is 16.5. The van der Waals surface area contributed by atoms with Crippen molar-refractivity contribution in [1.82, 2.24) is 0 Å². The molecule has 0 bridgehead atoms. The molecule has 1 aromatic carbocycles. The lowest BCUT2D eigenvalue weighted by Gasteiger charge is -2.41. The summed E-state index contributed by atoms with van der Waals surface area (Å²) in [5, 5.41) is -0.105. The second kappa shape index (κ2) is 9.99. The molecule has 1 fully saturated rings. The molecule has 0 heterocycles.